The van der Waals surface area contributed by atoms with Crippen LogP contribution in [0.3, 0.4) is 0 Å². The molecule has 1 aromatic rings. The first-order valence-corrected chi connectivity index (χ1v) is 6.14. The lowest BCUT2D eigenvalue weighted by Gasteiger charge is -2.09. The zero-order valence-electron chi connectivity index (χ0n) is 8.35. The lowest BCUT2D eigenvalue weighted by molar-refractivity contribution is 0.515. The molecule has 1 fully saturated rings. The summed E-state index contributed by atoms with van der Waals surface area (Å²) in [7, 11) is 0. The van der Waals surface area contributed by atoms with Gasteiger partial charge in [0.15, 0.2) is 0 Å². The molecule has 15 heavy (non-hydrogen) atoms. The van der Waals surface area contributed by atoms with E-state index in [2.05, 4.69) is 15.9 Å². The summed E-state index contributed by atoms with van der Waals surface area (Å²) in [6, 6.07) is 3.86. The van der Waals surface area contributed by atoms with Crippen molar-refractivity contribution < 1.29 is 8.78 Å². The van der Waals surface area contributed by atoms with Crippen LogP contribution in [0.4, 0.5) is 8.78 Å². The molecule has 0 heterocycles. The van der Waals surface area contributed by atoms with Crippen molar-refractivity contribution in [2.45, 2.75) is 30.5 Å². The van der Waals surface area contributed by atoms with E-state index in [9.17, 15) is 8.78 Å². The van der Waals surface area contributed by atoms with Gasteiger partial charge in [-0.1, -0.05) is 22.0 Å². The van der Waals surface area contributed by atoms with E-state index in [4.69, 9.17) is 0 Å². The minimum Gasteiger partial charge on any atom is -0.207 e. The maximum atomic E-state index is 13.3. The summed E-state index contributed by atoms with van der Waals surface area (Å²) in [5.74, 6) is -0.372. The Balaban J connectivity index is 2.04. The average Bonchev–Trinajstić information content (AvgIpc) is 2.56. The van der Waals surface area contributed by atoms with Crippen LogP contribution < -0.4 is 0 Å². The van der Waals surface area contributed by atoms with E-state index in [0.717, 1.165) is 31.7 Å². The molecule has 0 N–H and O–H groups in total. The number of hydrogen-bond donors (Lipinski definition) is 0. The van der Waals surface area contributed by atoms with Gasteiger partial charge in [-0.2, -0.15) is 0 Å². The van der Waals surface area contributed by atoms with Crippen LogP contribution in [0.25, 0.3) is 0 Å². The minimum atomic E-state index is -0.499. The third-order valence-electron chi connectivity index (χ3n) is 3.00. The van der Waals surface area contributed by atoms with Crippen LogP contribution >= 0.6 is 15.9 Å². The first kappa shape index (κ1) is 11.1. The van der Waals surface area contributed by atoms with E-state index in [1.165, 1.54) is 6.07 Å². The second kappa shape index (κ2) is 4.60. The normalized spacial score (nSPS) is 25.8. The van der Waals surface area contributed by atoms with Crippen molar-refractivity contribution in [3.05, 3.63) is 35.4 Å². The molecule has 2 rings (SSSR count). The summed E-state index contributed by atoms with van der Waals surface area (Å²) >= 11 is 3.57. The van der Waals surface area contributed by atoms with Crippen LogP contribution in [0.1, 0.15) is 24.8 Å². The summed E-state index contributed by atoms with van der Waals surface area (Å²) in [5.41, 5.74) is 0.642. The number of benzene rings is 1. The Kier molecular flexibility index (Phi) is 3.39. The molecule has 1 saturated carbocycles. The van der Waals surface area contributed by atoms with Gasteiger partial charge in [0.1, 0.15) is 11.6 Å². The maximum absolute atomic E-state index is 13.3. The Bertz CT molecular complexity index is 351. The molecule has 3 heteroatoms. The van der Waals surface area contributed by atoms with Gasteiger partial charge in [0.2, 0.25) is 0 Å². The van der Waals surface area contributed by atoms with Crippen LogP contribution in [-0.4, -0.2) is 4.83 Å². The summed E-state index contributed by atoms with van der Waals surface area (Å²) < 4.78 is 26.0. The molecule has 0 amide bonds. The summed E-state index contributed by atoms with van der Waals surface area (Å²) in [6.45, 7) is 0. The summed E-state index contributed by atoms with van der Waals surface area (Å²) in [5, 5.41) is 0. The Labute approximate surface area is 96.8 Å². The van der Waals surface area contributed by atoms with Crippen molar-refractivity contribution in [3.8, 4) is 0 Å². The third kappa shape index (κ3) is 2.77. The quantitative estimate of drug-likeness (QED) is 0.714. The van der Waals surface area contributed by atoms with Gasteiger partial charge in [-0.05, 0) is 43.2 Å². The van der Waals surface area contributed by atoms with E-state index in [1.54, 1.807) is 6.07 Å². The molecule has 1 aromatic carbocycles. The first-order valence-electron chi connectivity index (χ1n) is 5.23. The van der Waals surface area contributed by atoms with Gasteiger partial charge in [0.25, 0.3) is 0 Å². The third-order valence-corrected chi connectivity index (χ3v) is 3.83. The molecule has 1 aliphatic carbocycles. The highest BCUT2D eigenvalue weighted by Gasteiger charge is 2.23. The van der Waals surface area contributed by atoms with Crippen LogP contribution in [0.2, 0.25) is 0 Å². The fraction of sp³-hybridized carbons (Fsp3) is 0.500. The van der Waals surface area contributed by atoms with E-state index in [1.807, 2.05) is 0 Å². The van der Waals surface area contributed by atoms with Gasteiger partial charge in [0.05, 0.1) is 0 Å². The molecule has 0 aromatic heterocycles. The number of halogens is 3. The van der Waals surface area contributed by atoms with Gasteiger partial charge >= 0.3 is 0 Å². The average molecular weight is 275 g/mol. The molecule has 0 bridgehead atoms. The van der Waals surface area contributed by atoms with Crippen molar-refractivity contribution in [1.82, 2.24) is 0 Å². The SMILES string of the molecule is Fc1ccc(CC2CCC(Br)C2)c(F)c1. The lowest BCUT2D eigenvalue weighted by Crippen LogP contribution is -2.02. The second-order valence-electron chi connectivity index (χ2n) is 4.22. The van der Waals surface area contributed by atoms with Gasteiger partial charge < -0.3 is 0 Å². The van der Waals surface area contributed by atoms with Gasteiger partial charge in [-0.15, -0.1) is 0 Å². The van der Waals surface area contributed by atoms with Gasteiger partial charge in [-0.3, -0.25) is 0 Å². The molecule has 2 atom stereocenters. The van der Waals surface area contributed by atoms with E-state index in [0.29, 0.717) is 16.3 Å². The minimum absolute atomic E-state index is 0.409. The number of hydrogen-bond acceptors (Lipinski definition) is 0. The Morgan fingerprint density at radius 1 is 1.27 bits per heavy atom. The van der Waals surface area contributed by atoms with E-state index in [-0.39, 0.29) is 0 Å². The smallest absolute Gasteiger partial charge is 0.129 e. The Hall–Kier alpha value is -0.440. The first-order chi connectivity index (χ1) is 7.15. The Morgan fingerprint density at radius 2 is 2.07 bits per heavy atom. The monoisotopic (exact) mass is 274 g/mol. The molecular weight excluding hydrogens is 262 g/mol. The fourth-order valence-corrected chi connectivity index (χ4v) is 2.99. The highest BCUT2D eigenvalue weighted by Crippen LogP contribution is 2.33. The van der Waals surface area contributed by atoms with Gasteiger partial charge in [-0.25, -0.2) is 8.78 Å². The molecule has 1 aliphatic rings. The standard InChI is InChI=1S/C12H13BrF2/c13-10-3-1-8(6-10)5-9-2-4-11(14)7-12(9)15/h2,4,7-8,10H,1,3,5-6H2. The van der Waals surface area contributed by atoms with Gasteiger partial charge in [0, 0.05) is 10.9 Å². The molecule has 0 spiro atoms. The summed E-state index contributed by atoms with van der Waals surface area (Å²) in [4.78, 5) is 0.575. The largest absolute Gasteiger partial charge is 0.207 e. The molecule has 0 saturated heterocycles. The number of alkyl halides is 1. The second-order valence-corrected chi connectivity index (χ2v) is 5.51. The van der Waals surface area contributed by atoms with Crippen molar-refractivity contribution in [2.24, 2.45) is 5.92 Å². The molecule has 82 valence electrons. The maximum Gasteiger partial charge on any atom is 0.129 e. The van der Waals surface area contributed by atoms with Crippen LogP contribution in [-0.2, 0) is 6.42 Å². The lowest BCUT2D eigenvalue weighted by atomic mass is 9.98. The zero-order valence-corrected chi connectivity index (χ0v) is 9.94. The number of rotatable bonds is 2. The van der Waals surface area contributed by atoms with E-state index < -0.39 is 11.6 Å². The molecule has 2 unspecified atom stereocenters. The predicted molar refractivity (Wildman–Crippen MR) is 60.1 cm³/mol. The van der Waals surface area contributed by atoms with Crippen LogP contribution in [0.15, 0.2) is 18.2 Å². The van der Waals surface area contributed by atoms with Crippen LogP contribution in [0.5, 0.6) is 0 Å². The zero-order chi connectivity index (χ0) is 10.8. The predicted octanol–water partition coefficient (Wildman–Crippen LogP) is 4.07. The molecular formula is C12H13BrF2. The molecule has 0 aliphatic heterocycles. The highest BCUT2D eigenvalue weighted by atomic mass is 79.9. The Morgan fingerprint density at radius 3 is 2.67 bits per heavy atom. The molecule has 0 radical (unpaired) electrons. The highest BCUT2D eigenvalue weighted by molar-refractivity contribution is 9.09. The van der Waals surface area contributed by atoms with Crippen LogP contribution in [0, 0.1) is 17.6 Å². The molecule has 0 nitrogen and oxygen atoms in total. The van der Waals surface area contributed by atoms with Crippen molar-refractivity contribution in [2.75, 3.05) is 0 Å². The topological polar surface area (TPSA) is 0 Å². The van der Waals surface area contributed by atoms with E-state index >= 15 is 0 Å². The van der Waals surface area contributed by atoms with Crippen molar-refractivity contribution in [3.63, 3.8) is 0 Å². The fourth-order valence-electron chi connectivity index (χ4n) is 2.20. The van der Waals surface area contributed by atoms with Crippen molar-refractivity contribution >= 4 is 15.9 Å². The summed E-state index contributed by atoms with van der Waals surface area (Å²) in [6.07, 6.45) is 4.12. The van der Waals surface area contributed by atoms with Crippen molar-refractivity contribution in [1.29, 1.82) is 0 Å².